The van der Waals surface area contributed by atoms with Crippen molar-refractivity contribution < 1.29 is 0 Å². The Morgan fingerprint density at radius 3 is 2.93 bits per heavy atom. The second-order valence-electron chi connectivity index (χ2n) is 3.13. The van der Waals surface area contributed by atoms with Crippen LogP contribution in [0.2, 0.25) is 4.34 Å². The minimum atomic E-state index is 0.861. The van der Waals surface area contributed by atoms with E-state index in [1.54, 1.807) is 11.3 Å². The van der Waals surface area contributed by atoms with Gasteiger partial charge >= 0.3 is 0 Å². The molecular formula is C11H16ClNS. The molecule has 0 fully saturated rings. The molecule has 0 aromatic carbocycles. The first-order chi connectivity index (χ1) is 6.74. The predicted octanol–water partition coefficient (Wildman–Crippen LogP) is 3.80. The SMILES string of the molecule is CCNCCC=C(C)c1ccc(Cl)s1. The number of halogens is 1. The topological polar surface area (TPSA) is 12.0 Å². The van der Waals surface area contributed by atoms with Gasteiger partial charge in [-0.25, -0.2) is 0 Å². The molecule has 0 atom stereocenters. The zero-order valence-corrected chi connectivity index (χ0v) is 10.2. The van der Waals surface area contributed by atoms with E-state index in [9.17, 15) is 0 Å². The Labute approximate surface area is 94.8 Å². The van der Waals surface area contributed by atoms with Crippen molar-refractivity contribution >= 4 is 28.5 Å². The summed E-state index contributed by atoms with van der Waals surface area (Å²) in [4.78, 5) is 1.27. The zero-order valence-electron chi connectivity index (χ0n) is 8.64. The van der Waals surface area contributed by atoms with Gasteiger partial charge < -0.3 is 5.32 Å². The van der Waals surface area contributed by atoms with E-state index < -0.39 is 0 Å². The highest BCUT2D eigenvalue weighted by molar-refractivity contribution is 7.17. The molecule has 1 N–H and O–H groups in total. The van der Waals surface area contributed by atoms with Gasteiger partial charge in [0, 0.05) is 4.88 Å². The maximum atomic E-state index is 5.87. The average molecular weight is 230 g/mol. The maximum absolute atomic E-state index is 5.87. The Morgan fingerprint density at radius 1 is 1.57 bits per heavy atom. The first-order valence-electron chi connectivity index (χ1n) is 4.87. The molecule has 0 radical (unpaired) electrons. The number of hydrogen-bond donors (Lipinski definition) is 1. The van der Waals surface area contributed by atoms with E-state index in [1.165, 1.54) is 10.5 Å². The standard InChI is InChI=1S/C11H16ClNS/c1-3-13-8-4-5-9(2)10-6-7-11(12)14-10/h5-7,13H,3-4,8H2,1-2H3. The van der Waals surface area contributed by atoms with Crippen molar-refractivity contribution in [3.63, 3.8) is 0 Å². The molecule has 0 unspecified atom stereocenters. The second kappa shape index (κ2) is 6.23. The van der Waals surface area contributed by atoms with Crippen LogP contribution in [0.5, 0.6) is 0 Å². The molecule has 0 saturated heterocycles. The lowest BCUT2D eigenvalue weighted by atomic mass is 10.2. The lowest BCUT2D eigenvalue weighted by Gasteiger charge is -1.98. The lowest BCUT2D eigenvalue weighted by molar-refractivity contribution is 0.727. The summed E-state index contributed by atoms with van der Waals surface area (Å²) in [6.07, 6.45) is 3.33. The van der Waals surface area contributed by atoms with Crippen molar-refractivity contribution in [2.24, 2.45) is 0 Å². The van der Waals surface area contributed by atoms with Crippen LogP contribution in [0.3, 0.4) is 0 Å². The number of thiophene rings is 1. The minimum absolute atomic E-state index is 0.861. The largest absolute Gasteiger partial charge is 0.317 e. The third-order valence-corrected chi connectivity index (χ3v) is 3.35. The Morgan fingerprint density at radius 2 is 2.36 bits per heavy atom. The molecule has 0 bridgehead atoms. The second-order valence-corrected chi connectivity index (χ2v) is 4.85. The zero-order chi connectivity index (χ0) is 10.4. The van der Waals surface area contributed by atoms with Crippen LogP contribution in [0.15, 0.2) is 18.2 Å². The normalized spacial score (nSPS) is 12.1. The Balaban J connectivity index is 2.44. The summed E-state index contributed by atoms with van der Waals surface area (Å²) in [5.41, 5.74) is 1.32. The van der Waals surface area contributed by atoms with Crippen LogP contribution in [-0.2, 0) is 0 Å². The Kier molecular flexibility index (Phi) is 5.23. The molecule has 1 rings (SSSR count). The summed E-state index contributed by atoms with van der Waals surface area (Å²) in [7, 11) is 0. The predicted molar refractivity (Wildman–Crippen MR) is 66.1 cm³/mol. The molecule has 1 nitrogen and oxygen atoms in total. The van der Waals surface area contributed by atoms with Crippen molar-refractivity contribution in [1.29, 1.82) is 0 Å². The maximum Gasteiger partial charge on any atom is 0.0934 e. The van der Waals surface area contributed by atoms with Crippen LogP contribution >= 0.6 is 22.9 Å². The fourth-order valence-electron chi connectivity index (χ4n) is 1.19. The molecule has 1 aromatic rings. The van der Waals surface area contributed by atoms with E-state index in [0.717, 1.165) is 23.8 Å². The van der Waals surface area contributed by atoms with Crippen LogP contribution < -0.4 is 5.32 Å². The van der Waals surface area contributed by atoms with Gasteiger partial charge in [-0.3, -0.25) is 0 Å². The summed E-state index contributed by atoms with van der Waals surface area (Å²) in [5, 5.41) is 3.29. The molecule has 0 aliphatic rings. The number of hydrogen-bond acceptors (Lipinski definition) is 2. The van der Waals surface area contributed by atoms with Gasteiger partial charge in [0.25, 0.3) is 0 Å². The van der Waals surface area contributed by atoms with E-state index in [1.807, 2.05) is 6.07 Å². The first-order valence-corrected chi connectivity index (χ1v) is 6.06. The fourth-order valence-corrected chi connectivity index (χ4v) is 2.23. The van der Waals surface area contributed by atoms with Crippen LogP contribution in [-0.4, -0.2) is 13.1 Å². The quantitative estimate of drug-likeness (QED) is 0.758. The van der Waals surface area contributed by atoms with Crippen molar-refractivity contribution in [3.05, 3.63) is 27.4 Å². The molecule has 78 valence electrons. The molecular weight excluding hydrogens is 214 g/mol. The molecule has 0 aliphatic heterocycles. The van der Waals surface area contributed by atoms with Crippen LogP contribution in [0.1, 0.15) is 25.1 Å². The van der Waals surface area contributed by atoms with Gasteiger partial charge in [-0.2, -0.15) is 0 Å². The molecule has 0 amide bonds. The Hall–Kier alpha value is -0.310. The highest BCUT2D eigenvalue weighted by Crippen LogP contribution is 2.27. The van der Waals surface area contributed by atoms with E-state index in [-0.39, 0.29) is 0 Å². The van der Waals surface area contributed by atoms with Crippen LogP contribution in [0.4, 0.5) is 0 Å². The van der Waals surface area contributed by atoms with Gasteiger partial charge in [-0.05, 0) is 44.1 Å². The molecule has 1 heterocycles. The summed E-state index contributed by atoms with van der Waals surface area (Å²) in [5.74, 6) is 0. The van der Waals surface area contributed by atoms with Crippen LogP contribution in [0, 0.1) is 0 Å². The molecule has 0 saturated carbocycles. The van der Waals surface area contributed by atoms with E-state index in [2.05, 4.69) is 31.3 Å². The van der Waals surface area contributed by atoms with E-state index in [4.69, 9.17) is 11.6 Å². The summed E-state index contributed by atoms with van der Waals surface area (Å²) >= 11 is 7.50. The summed E-state index contributed by atoms with van der Waals surface area (Å²) in [6.45, 7) is 6.34. The number of rotatable bonds is 5. The summed E-state index contributed by atoms with van der Waals surface area (Å²) in [6, 6.07) is 4.02. The smallest absolute Gasteiger partial charge is 0.0934 e. The van der Waals surface area contributed by atoms with Crippen molar-refractivity contribution in [1.82, 2.24) is 5.32 Å². The molecule has 3 heteroatoms. The highest BCUT2D eigenvalue weighted by Gasteiger charge is 1.98. The van der Waals surface area contributed by atoms with E-state index in [0.29, 0.717) is 0 Å². The van der Waals surface area contributed by atoms with Crippen molar-refractivity contribution in [3.8, 4) is 0 Å². The molecule has 0 aliphatic carbocycles. The Bertz CT molecular complexity index is 304. The first kappa shape index (κ1) is 11.8. The van der Waals surface area contributed by atoms with E-state index >= 15 is 0 Å². The third-order valence-electron chi connectivity index (χ3n) is 1.98. The van der Waals surface area contributed by atoms with Crippen LogP contribution in [0.25, 0.3) is 5.57 Å². The van der Waals surface area contributed by atoms with Crippen molar-refractivity contribution in [2.75, 3.05) is 13.1 Å². The highest BCUT2D eigenvalue weighted by atomic mass is 35.5. The van der Waals surface area contributed by atoms with Gasteiger partial charge in [0.15, 0.2) is 0 Å². The van der Waals surface area contributed by atoms with Gasteiger partial charge in [0.2, 0.25) is 0 Å². The van der Waals surface area contributed by atoms with Gasteiger partial charge in [-0.1, -0.05) is 24.6 Å². The number of allylic oxidation sites excluding steroid dienone is 1. The van der Waals surface area contributed by atoms with Gasteiger partial charge in [0.05, 0.1) is 4.34 Å². The molecule has 14 heavy (non-hydrogen) atoms. The third kappa shape index (κ3) is 3.82. The summed E-state index contributed by atoms with van der Waals surface area (Å²) < 4.78 is 0.861. The molecule has 1 aromatic heterocycles. The van der Waals surface area contributed by atoms with Gasteiger partial charge in [0.1, 0.15) is 0 Å². The fraction of sp³-hybridized carbons (Fsp3) is 0.455. The minimum Gasteiger partial charge on any atom is -0.317 e. The lowest BCUT2D eigenvalue weighted by Crippen LogP contribution is -2.12. The average Bonchev–Trinajstić information content (AvgIpc) is 2.59. The monoisotopic (exact) mass is 229 g/mol. The van der Waals surface area contributed by atoms with Crippen molar-refractivity contribution in [2.45, 2.75) is 20.3 Å². The van der Waals surface area contributed by atoms with Gasteiger partial charge in [-0.15, -0.1) is 11.3 Å². The number of nitrogens with one attached hydrogen (secondary N) is 1. The molecule has 0 spiro atoms.